The van der Waals surface area contributed by atoms with E-state index < -0.39 is 18.0 Å². The van der Waals surface area contributed by atoms with Gasteiger partial charge in [0.05, 0.1) is 5.56 Å². The molecule has 0 aliphatic heterocycles. The Hall–Kier alpha value is -2.87. The number of benzene rings is 2. The zero-order valence-electron chi connectivity index (χ0n) is 14.2. The minimum Gasteiger partial charge on any atom is -0.406 e. The largest absolute Gasteiger partial charge is 0.573 e. The van der Waals surface area contributed by atoms with E-state index in [2.05, 4.69) is 10.1 Å². The fourth-order valence-corrected chi connectivity index (χ4v) is 3.21. The molecule has 1 atom stereocenters. The summed E-state index contributed by atoms with van der Waals surface area (Å²) in [5.74, 6) is -1.03. The van der Waals surface area contributed by atoms with E-state index in [4.69, 9.17) is 5.73 Å². The Morgan fingerprint density at radius 1 is 1.26 bits per heavy atom. The molecule has 0 spiro atoms. The van der Waals surface area contributed by atoms with Crippen molar-refractivity contribution in [2.24, 2.45) is 5.73 Å². The quantitative estimate of drug-likeness (QED) is 0.799. The molecule has 8 heteroatoms. The first kappa shape index (κ1) is 18.9. The molecule has 142 valence electrons. The van der Waals surface area contributed by atoms with Crippen LogP contribution < -0.4 is 15.8 Å². The third kappa shape index (κ3) is 4.46. The summed E-state index contributed by atoms with van der Waals surface area (Å²) in [4.78, 5) is 24.2. The van der Waals surface area contributed by atoms with Gasteiger partial charge in [-0.05, 0) is 48.6 Å². The highest BCUT2D eigenvalue weighted by molar-refractivity contribution is 6.09. The number of nitrogens with two attached hydrogens (primary N) is 1. The maximum atomic E-state index is 12.6. The third-order valence-corrected chi connectivity index (χ3v) is 4.39. The Bertz CT molecular complexity index is 881. The molecule has 1 aliphatic carbocycles. The van der Waals surface area contributed by atoms with Crippen LogP contribution in [-0.2, 0) is 12.8 Å². The predicted molar refractivity (Wildman–Crippen MR) is 92.9 cm³/mol. The van der Waals surface area contributed by atoms with E-state index in [1.54, 1.807) is 6.07 Å². The Kier molecular flexibility index (Phi) is 5.18. The van der Waals surface area contributed by atoms with Crippen LogP contribution in [0.5, 0.6) is 5.75 Å². The van der Waals surface area contributed by atoms with Gasteiger partial charge in [-0.3, -0.25) is 9.59 Å². The summed E-state index contributed by atoms with van der Waals surface area (Å²) in [6.45, 7) is 0. The minimum absolute atomic E-state index is 0.0213. The predicted octanol–water partition coefficient (Wildman–Crippen LogP) is 3.47. The number of anilines is 1. The number of alkyl halides is 3. The fraction of sp³-hybridized carbons (Fsp3) is 0.263. The van der Waals surface area contributed by atoms with Crippen LogP contribution in [0, 0.1) is 0 Å². The Morgan fingerprint density at radius 2 is 2.04 bits per heavy atom. The Labute approximate surface area is 153 Å². The van der Waals surface area contributed by atoms with Crippen molar-refractivity contribution in [1.29, 1.82) is 0 Å². The average Bonchev–Trinajstić information content (AvgIpc) is 2.59. The molecule has 27 heavy (non-hydrogen) atoms. The number of hydrogen-bond acceptors (Lipinski definition) is 4. The van der Waals surface area contributed by atoms with Crippen molar-refractivity contribution in [3.8, 4) is 5.75 Å². The zero-order chi connectivity index (χ0) is 19.6. The van der Waals surface area contributed by atoms with E-state index in [1.165, 1.54) is 18.2 Å². The maximum absolute atomic E-state index is 12.6. The molecule has 3 N–H and O–H groups in total. The van der Waals surface area contributed by atoms with E-state index >= 15 is 0 Å². The topological polar surface area (TPSA) is 81.4 Å². The highest BCUT2D eigenvalue weighted by Gasteiger charge is 2.31. The van der Waals surface area contributed by atoms with E-state index in [-0.39, 0.29) is 17.3 Å². The molecule has 2 aromatic rings. The zero-order valence-corrected chi connectivity index (χ0v) is 14.2. The van der Waals surface area contributed by atoms with Crippen molar-refractivity contribution in [2.45, 2.75) is 31.7 Å². The van der Waals surface area contributed by atoms with E-state index in [9.17, 15) is 22.8 Å². The van der Waals surface area contributed by atoms with Gasteiger partial charge in [0.25, 0.3) is 5.91 Å². The fourth-order valence-electron chi connectivity index (χ4n) is 3.21. The molecule has 1 aliphatic rings. The summed E-state index contributed by atoms with van der Waals surface area (Å²) < 4.78 is 40.8. The molecule has 0 bridgehead atoms. The van der Waals surface area contributed by atoms with Crippen LogP contribution in [0.2, 0.25) is 0 Å². The summed E-state index contributed by atoms with van der Waals surface area (Å²) in [6.07, 6.45) is -2.24. The first-order valence-corrected chi connectivity index (χ1v) is 8.29. The molecule has 5 nitrogen and oxygen atoms in total. The average molecular weight is 378 g/mol. The minimum atomic E-state index is -4.83. The van der Waals surface area contributed by atoms with E-state index in [0.717, 1.165) is 29.7 Å². The maximum Gasteiger partial charge on any atom is 0.573 e. The lowest BCUT2D eigenvalue weighted by molar-refractivity contribution is -0.274. The number of nitrogens with one attached hydrogen (secondary N) is 1. The molecule has 0 saturated carbocycles. The van der Waals surface area contributed by atoms with Crippen LogP contribution in [0.25, 0.3) is 0 Å². The van der Waals surface area contributed by atoms with Crippen molar-refractivity contribution >= 4 is 17.9 Å². The molecule has 2 aromatic carbocycles. The van der Waals surface area contributed by atoms with Crippen LogP contribution in [0.1, 0.15) is 38.3 Å². The van der Waals surface area contributed by atoms with Crippen molar-refractivity contribution < 1.29 is 27.5 Å². The molecule has 0 radical (unpaired) electrons. The standard InChI is InChI=1S/C19H17F3N2O3/c20-19(21,22)27-14-3-1-2-13(9-14)24-18(26)16-6-4-11-8-12(23)5-7-15(11)17(16)10-25/h1-4,6,9-10,12H,5,7-8,23H2,(H,24,26)/t12-/m0/s1. The highest BCUT2D eigenvalue weighted by Crippen LogP contribution is 2.28. The number of amides is 1. The monoisotopic (exact) mass is 378 g/mol. The van der Waals surface area contributed by atoms with Gasteiger partial charge in [0.15, 0.2) is 6.29 Å². The summed E-state index contributed by atoms with van der Waals surface area (Å²) in [6, 6.07) is 8.26. The number of ether oxygens (including phenoxy) is 1. The smallest absolute Gasteiger partial charge is 0.406 e. The molecular weight excluding hydrogens is 361 g/mol. The van der Waals surface area contributed by atoms with Crippen LogP contribution in [-0.4, -0.2) is 24.6 Å². The number of carbonyl (C=O) groups excluding carboxylic acids is 2. The molecular formula is C19H17F3N2O3. The molecule has 0 aromatic heterocycles. The lowest BCUT2D eigenvalue weighted by atomic mass is 9.84. The molecule has 0 saturated heterocycles. The SMILES string of the molecule is N[C@H]1CCc2c(ccc(C(=O)Nc3cccc(OC(F)(F)F)c3)c2C=O)C1. The van der Waals surface area contributed by atoms with Crippen molar-refractivity contribution in [3.63, 3.8) is 0 Å². The molecule has 0 fully saturated rings. The number of rotatable bonds is 4. The molecule has 0 unspecified atom stereocenters. The van der Waals surface area contributed by atoms with Gasteiger partial charge in [-0.2, -0.15) is 0 Å². The van der Waals surface area contributed by atoms with Crippen LogP contribution in [0.3, 0.4) is 0 Å². The van der Waals surface area contributed by atoms with Gasteiger partial charge < -0.3 is 15.8 Å². The number of aldehydes is 1. The van der Waals surface area contributed by atoms with Crippen LogP contribution in [0.4, 0.5) is 18.9 Å². The third-order valence-electron chi connectivity index (χ3n) is 4.39. The highest BCUT2D eigenvalue weighted by atomic mass is 19.4. The number of halogens is 3. The number of fused-ring (bicyclic) bond motifs is 1. The van der Waals surface area contributed by atoms with Gasteiger partial charge in [-0.15, -0.1) is 13.2 Å². The van der Waals surface area contributed by atoms with Gasteiger partial charge in [0.2, 0.25) is 0 Å². The summed E-state index contributed by atoms with van der Waals surface area (Å²) in [5, 5.41) is 2.50. The van der Waals surface area contributed by atoms with Gasteiger partial charge >= 0.3 is 6.36 Å². The Morgan fingerprint density at radius 3 is 2.74 bits per heavy atom. The lowest BCUT2D eigenvalue weighted by Crippen LogP contribution is -2.29. The molecule has 1 amide bonds. The lowest BCUT2D eigenvalue weighted by Gasteiger charge is -2.23. The molecule has 3 rings (SSSR count). The Balaban J connectivity index is 1.85. The van der Waals surface area contributed by atoms with Gasteiger partial charge in [0.1, 0.15) is 5.75 Å². The van der Waals surface area contributed by atoms with Crippen molar-refractivity contribution in [3.05, 3.63) is 58.7 Å². The van der Waals surface area contributed by atoms with Gasteiger partial charge in [-0.1, -0.05) is 12.1 Å². The second-order valence-corrected chi connectivity index (χ2v) is 6.31. The van der Waals surface area contributed by atoms with Crippen LogP contribution in [0.15, 0.2) is 36.4 Å². The van der Waals surface area contributed by atoms with Gasteiger partial charge in [0, 0.05) is 23.4 Å². The molecule has 0 heterocycles. The summed E-state index contributed by atoms with van der Waals surface area (Å²) >= 11 is 0. The van der Waals surface area contributed by atoms with Gasteiger partial charge in [-0.25, -0.2) is 0 Å². The summed E-state index contributed by atoms with van der Waals surface area (Å²) in [7, 11) is 0. The number of hydrogen-bond donors (Lipinski definition) is 2. The second kappa shape index (κ2) is 7.40. The first-order chi connectivity index (χ1) is 12.8. The summed E-state index contributed by atoms with van der Waals surface area (Å²) in [5.41, 5.74) is 8.26. The normalized spacial score (nSPS) is 16.4. The van der Waals surface area contributed by atoms with Crippen molar-refractivity contribution in [2.75, 3.05) is 5.32 Å². The van der Waals surface area contributed by atoms with E-state index in [1.807, 2.05) is 0 Å². The van der Waals surface area contributed by atoms with Crippen molar-refractivity contribution in [1.82, 2.24) is 0 Å². The first-order valence-electron chi connectivity index (χ1n) is 8.29. The second-order valence-electron chi connectivity index (χ2n) is 6.31. The van der Waals surface area contributed by atoms with E-state index in [0.29, 0.717) is 24.7 Å². The number of carbonyl (C=O) groups is 2. The van der Waals surface area contributed by atoms with Crippen LogP contribution >= 0.6 is 0 Å².